The van der Waals surface area contributed by atoms with Crippen LogP contribution in [0.3, 0.4) is 0 Å². The van der Waals surface area contributed by atoms with Crippen LogP contribution < -0.4 is 10.1 Å². The maximum atomic E-state index is 11.7. The van der Waals surface area contributed by atoms with E-state index < -0.39 is 0 Å². The average Bonchev–Trinajstić information content (AvgIpc) is 2.99. The summed E-state index contributed by atoms with van der Waals surface area (Å²) in [4.78, 5) is 30.0. The molecular weight excluding hydrogens is 362 g/mol. The van der Waals surface area contributed by atoms with E-state index in [-0.39, 0.29) is 16.4 Å². The second-order valence-corrected chi connectivity index (χ2v) is 8.21. The number of imide groups is 1. The maximum Gasteiger partial charge on any atom is 0.286 e. The Balaban J connectivity index is 1.36. The lowest BCUT2D eigenvalue weighted by molar-refractivity contribution is -0.118. The smallest absolute Gasteiger partial charge is 0.286 e. The molecular formula is C20H23N3O3S. The Morgan fingerprint density at radius 1 is 1.19 bits per heavy atom. The number of hydrogen-bond donors (Lipinski definition) is 1. The molecule has 1 N–H and O–H groups in total. The number of fused-ring (bicyclic) bond motifs is 1. The number of ether oxygens (including phenoxy) is 1. The van der Waals surface area contributed by atoms with Crippen molar-refractivity contribution in [2.75, 3.05) is 26.2 Å². The van der Waals surface area contributed by atoms with Gasteiger partial charge in [0.15, 0.2) is 0 Å². The molecule has 2 aromatic rings. The fourth-order valence-corrected chi connectivity index (χ4v) is 4.43. The van der Waals surface area contributed by atoms with E-state index >= 15 is 0 Å². The van der Waals surface area contributed by atoms with E-state index in [2.05, 4.69) is 15.2 Å². The summed E-state index contributed by atoms with van der Waals surface area (Å²) in [5.74, 6) is 0.610. The van der Waals surface area contributed by atoms with Crippen molar-refractivity contribution in [1.82, 2.24) is 15.2 Å². The van der Waals surface area contributed by atoms with Crippen LogP contribution >= 0.6 is 11.8 Å². The van der Waals surface area contributed by atoms with Crippen molar-refractivity contribution in [2.24, 2.45) is 0 Å². The summed E-state index contributed by atoms with van der Waals surface area (Å²) in [7, 11) is 0. The zero-order chi connectivity index (χ0) is 18.6. The molecule has 0 aliphatic carbocycles. The van der Waals surface area contributed by atoms with Crippen LogP contribution in [0.15, 0.2) is 30.5 Å². The lowest BCUT2D eigenvalue weighted by Crippen LogP contribution is -2.33. The summed E-state index contributed by atoms with van der Waals surface area (Å²) in [5.41, 5.74) is 1.82. The monoisotopic (exact) mass is 385 g/mol. The third-order valence-electron chi connectivity index (χ3n) is 5.03. The van der Waals surface area contributed by atoms with E-state index in [0.717, 1.165) is 40.5 Å². The number of rotatable bonds is 6. The molecule has 1 aromatic heterocycles. The molecule has 0 saturated carbocycles. The molecule has 1 atom stereocenters. The Morgan fingerprint density at radius 3 is 2.81 bits per heavy atom. The first-order valence-electron chi connectivity index (χ1n) is 9.43. The number of carbonyl (C=O) groups is 2. The quantitative estimate of drug-likeness (QED) is 0.824. The van der Waals surface area contributed by atoms with Gasteiger partial charge < -0.3 is 4.74 Å². The number of benzene rings is 1. The summed E-state index contributed by atoms with van der Waals surface area (Å²) in [6.45, 7) is 4.00. The van der Waals surface area contributed by atoms with Crippen LogP contribution in [-0.4, -0.2) is 52.5 Å². The molecule has 3 heterocycles. The SMILES string of the molecule is O=C1NC(=O)C(Cc2cnc3cc(OCCN4CCCCC4)ccc3c2)S1. The Kier molecular flexibility index (Phi) is 5.59. The molecule has 2 fully saturated rings. The van der Waals surface area contributed by atoms with Crippen molar-refractivity contribution < 1.29 is 14.3 Å². The van der Waals surface area contributed by atoms with Gasteiger partial charge in [-0.15, -0.1) is 0 Å². The Morgan fingerprint density at radius 2 is 2.04 bits per heavy atom. The van der Waals surface area contributed by atoms with Crippen LogP contribution in [0, 0.1) is 0 Å². The molecule has 2 amide bonds. The maximum absolute atomic E-state index is 11.7. The summed E-state index contributed by atoms with van der Waals surface area (Å²) in [6, 6.07) is 7.94. The topological polar surface area (TPSA) is 71.5 Å². The number of hydrogen-bond acceptors (Lipinski definition) is 6. The first-order chi connectivity index (χ1) is 13.2. The molecule has 1 unspecified atom stereocenters. The fraction of sp³-hybridized carbons (Fsp3) is 0.450. The van der Waals surface area contributed by atoms with Gasteiger partial charge in [0, 0.05) is 24.2 Å². The molecule has 0 bridgehead atoms. The third kappa shape index (κ3) is 4.59. The first-order valence-corrected chi connectivity index (χ1v) is 10.3. The second kappa shape index (κ2) is 8.27. The molecule has 2 aliphatic rings. The normalized spacial score (nSPS) is 20.8. The predicted molar refractivity (Wildman–Crippen MR) is 106 cm³/mol. The summed E-state index contributed by atoms with van der Waals surface area (Å²) >= 11 is 1.05. The molecule has 0 radical (unpaired) electrons. The molecule has 142 valence electrons. The number of carbonyl (C=O) groups excluding carboxylic acids is 2. The molecule has 4 rings (SSSR count). The average molecular weight is 385 g/mol. The molecule has 0 spiro atoms. The van der Waals surface area contributed by atoms with Gasteiger partial charge in [0.1, 0.15) is 12.4 Å². The van der Waals surface area contributed by atoms with E-state index in [9.17, 15) is 9.59 Å². The Bertz CT molecular complexity index is 851. The minimum absolute atomic E-state index is 0.220. The molecule has 7 heteroatoms. The fourth-order valence-electron chi connectivity index (χ4n) is 3.57. The van der Waals surface area contributed by atoms with Crippen LogP contribution in [0.25, 0.3) is 10.9 Å². The predicted octanol–water partition coefficient (Wildman–Crippen LogP) is 2.99. The van der Waals surface area contributed by atoms with Gasteiger partial charge in [-0.05, 0) is 56.1 Å². The number of piperidine rings is 1. The summed E-state index contributed by atoms with van der Waals surface area (Å²) < 4.78 is 5.91. The number of amides is 2. The Labute approximate surface area is 162 Å². The van der Waals surface area contributed by atoms with Crippen molar-refractivity contribution in [1.29, 1.82) is 0 Å². The van der Waals surface area contributed by atoms with Crippen molar-refractivity contribution >= 4 is 33.8 Å². The van der Waals surface area contributed by atoms with Crippen LogP contribution in [0.4, 0.5) is 4.79 Å². The van der Waals surface area contributed by atoms with Gasteiger partial charge in [-0.2, -0.15) is 0 Å². The second-order valence-electron chi connectivity index (χ2n) is 7.04. The van der Waals surface area contributed by atoms with Crippen LogP contribution in [-0.2, 0) is 11.2 Å². The van der Waals surface area contributed by atoms with Gasteiger partial charge >= 0.3 is 0 Å². The van der Waals surface area contributed by atoms with Gasteiger partial charge in [0.2, 0.25) is 5.91 Å². The number of thioether (sulfide) groups is 1. The number of pyridine rings is 1. The van der Waals surface area contributed by atoms with Crippen LogP contribution in [0.1, 0.15) is 24.8 Å². The molecule has 27 heavy (non-hydrogen) atoms. The highest BCUT2D eigenvalue weighted by Crippen LogP contribution is 2.25. The van der Waals surface area contributed by atoms with E-state index in [4.69, 9.17) is 4.74 Å². The zero-order valence-corrected chi connectivity index (χ0v) is 16.0. The van der Waals surface area contributed by atoms with Gasteiger partial charge in [-0.1, -0.05) is 18.2 Å². The van der Waals surface area contributed by atoms with Crippen LogP contribution in [0.5, 0.6) is 5.75 Å². The van der Waals surface area contributed by atoms with Gasteiger partial charge in [-0.3, -0.25) is 24.8 Å². The Hall–Kier alpha value is -2.12. The van der Waals surface area contributed by atoms with Crippen molar-refractivity contribution in [2.45, 2.75) is 30.9 Å². The van der Waals surface area contributed by atoms with Crippen molar-refractivity contribution in [3.8, 4) is 5.75 Å². The third-order valence-corrected chi connectivity index (χ3v) is 6.01. The number of aromatic nitrogens is 1. The van der Waals surface area contributed by atoms with E-state index in [0.29, 0.717) is 13.0 Å². The highest BCUT2D eigenvalue weighted by molar-refractivity contribution is 8.15. The lowest BCUT2D eigenvalue weighted by Gasteiger charge is -2.26. The van der Waals surface area contributed by atoms with E-state index in [1.54, 1.807) is 6.20 Å². The summed E-state index contributed by atoms with van der Waals surface area (Å²) in [6.07, 6.45) is 6.20. The van der Waals surface area contributed by atoms with Gasteiger partial charge in [0.05, 0.1) is 10.8 Å². The minimum Gasteiger partial charge on any atom is -0.492 e. The number of likely N-dealkylation sites (tertiary alicyclic amines) is 1. The zero-order valence-electron chi connectivity index (χ0n) is 15.1. The standard InChI is InChI=1S/C20H23N3O3S/c24-19-18(27-20(25)22-19)11-14-10-15-4-5-16(12-17(15)21-13-14)26-9-8-23-6-2-1-3-7-23/h4-5,10,12-13,18H,1-3,6-9,11H2,(H,22,24,25). The van der Waals surface area contributed by atoms with Crippen molar-refractivity contribution in [3.05, 3.63) is 36.0 Å². The molecule has 1 aromatic carbocycles. The largest absolute Gasteiger partial charge is 0.492 e. The molecule has 2 aliphatic heterocycles. The van der Waals surface area contributed by atoms with E-state index in [1.165, 1.54) is 32.4 Å². The number of nitrogens with one attached hydrogen (secondary N) is 1. The molecule has 6 nitrogen and oxygen atoms in total. The highest BCUT2D eigenvalue weighted by Gasteiger charge is 2.31. The molecule has 2 saturated heterocycles. The van der Waals surface area contributed by atoms with E-state index in [1.807, 2.05) is 24.3 Å². The minimum atomic E-state index is -0.367. The van der Waals surface area contributed by atoms with Crippen molar-refractivity contribution in [3.63, 3.8) is 0 Å². The highest BCUT2D eigenvalue weighted by atomic mass is 32.2. The van der Waals surface area contributed by atoms with Gasteiger partial charge in [-0.25, -0.2) is 0 Å². The summed E-state index contributed by atoms with van der Waals surface area (Å²) in [5, 5.41) is 2.69. The van der Waals surface area contributed by atoms with Crippen LogP contribution in [0.2, 0.25) is 0 Å². The first kappa shape index (κ1) is 18.3. The van der Waals surface area contributed by atoms with Gasteiger partial charge in [0.25, 0.3) is 5.24 Å². The number of nitrogens with zero attached hydrogens (tertiary/aromatic N) is 2. The lowest BCUT2D eigenvalue weighted by atomic mass is 10.1.